The summed E-state index contributed by atoms with van der Waals surface area (Å²) < 4.78 is 0. The molecule has 4 heteroatoms. The first-order valence-electron chi connectivity index (χ1n) is 4.63. The first-order valence-corrected chi connectivity index (χ1v) is 5.04. The van der Waals surface area contributed by atoms with Gasteiger partial charge in [0.15, 0.2) is 0 Å². The molecule has 1 amide bonds. The second-order valence-corrected chi connectivity index (χ2v) is 3.45. The molecule has 0 unspecified atom stereocenters. The largest absolute Gasteiger partial charge is 0.392 e. The second-order valence-electron chi connectivity index (χ2n) is 3.01. The van der Waals surface area contributed by atoms with Crippen molar-refractivity contribution >= 4 is 23.1 Å². The molecule has 0 fully saturated rings. The zero-order valence-corrected chi connectivity index (χ0v) is 9.33. The average molecular weight is 202 g/mol. The van der Waals surface area contributed by atoms with Gasteiger partial charge in [-0.15, -0.1) is 0 Å². The Labute approximate surface area is 85.1 Å². The number of nitrogens with two attached hydrogens (primary N) is 1. The summed E-state index contributed by atoms with van der Waals surface area (Å²) in [6, 6.07) is 0. The van der Waals surface area contributed by atoms with Gasteiger partial charge in [-0.3, -0.25) is 4.79 Å². The van der Waals surface area contributed by atoms with E-state index in [1.54, 1.807) is 0 Å². The van der Waals surface area contributed by atoms with Gasteiger partial charge in [0, 0.05) is 6.54 Å². The van der Waals surface area contributed by atoms with Crippen molar-refractivity contribution in [1.82, 2.24) is 5.32 Å². The van der Waals surface area contributed by atoms with Crippen LogP contribution in [0.25, 0.3) is 0 Å². The van der Waals surface area contributed by atoms with Crippen LogP contribution in [-0.2, 0) is 4.79 Å². The fraction of sp³-hybridized carbons (Fsp3) is 0.778. The lowest BCUT2D eigenvalue weighted by molar-refractivity contribution is -0.127. The number of hydrogen-bond acceptors (Lipinski definition) is 2. The Morgan fingerprint density at radius 3 is 2.08 bits per heavy atom. The first-order chi connectivity index (χ1) is 6.05. The molecule has 0 atom stereocenters. The minimum atomic E-state index is -0.647. The van der Waals surface area contributed by atoms with Gasteiger partial charge in [-0.2, -0.15) is 0 Å². The Morgan fingerprint density at radius 2 is 1.85 bits per heavy atom. The number of rotatable bonds is 5. The van der Waals surface area contributed by atoms with Crippen molar-refractivity contribution in [1.29, 1.82) is 0 Å². The highest BCUT2D eigenvalue weighted by Gasteiger charge is 2.37. The van der Waals surface area contributed by atoms with Crippen LogP contribution in [0.1, 0.15) is 33.6 Å². The molecule has 0 aliphatic carbocycles. The molecule has 0 rings (SSSR count). The van der Waals surface area contributed by atoms with E-state index in [0.717, 1.165) is 0 Å². The molecular formula is C9H18N2OS. The topological polar surface area (TPSA) is 55.1 Å². The number of carbonyl (C=O) groups excluding carboxylic acids is 1. The first kappa shape index (κ1) is 12.4. The average Bonchev–Trinajstić information content (AvgIpc) is 2.07. The van der Waals surface area contributed by atoms with E-state index in [9.17, 15) is 4.79 Å². The lowest BCUT2D eigenvalue weighted by Gasteiger charge is -2.28. The molecule has 0 aromatic heterocycles. The third-order valence-corrected chi connectivity index (χ3v) is 2.84. The summed E-state index contributed by atoms with van der Waals surface area (Å²) in [6.07, 6.45) is 1.31. The zero-order chi connectivity index (χ0) is 10.5. The Kier molecular flexibility index (Phi) is 4.91. The van der Waals surface area contributed by atoms with E-state index in [4.69, 9.17) is 18.0 Å². The van der Waals surface area contributed by atoms with Crippen LogP contribution < -0.4 is 11.1 Å². The highest BCUT2D eigenvalue weighted by Crippen LogP contribution is 2.26. The molecule has 0 saturated carbocycles. The Bertz CT molecular complexity index is 200. The van der Waals surface area contributed by atoms with Gasteiger partial charge in [0.05, 0.1) is 10.4 Å². The van der Waals surface area contributed by atoms with E-state index in [-0.39, 0.29) is 5.91 Å². The molecule has 0 bridgehead atoms. The van der Waals surface area contributed by atoms with Gasteiger partial charge in [0.2, 0.25) is 5.91 Å². The maximum Gasteiger partial charge on any atom is 0.233 e. The van der Waals surface area contributed by atoms with Gasteiger partial charge < -0.3 is 11.1 Å². The molecule has 3 N–H and O–H groups in total. The minimum Gasteiger partial charge on any atom is -0.392 e. The van der Waals surface area contributed by atoms with Gasteiger partial charge >= 0.3 is 0 Å². The molecule has 13 heavy (non-hydrogen) atoms. The van der Waals surface area contributed by atoms with E-state index in [0.29, 0.717) is 24.4 Å². The van der Waals surface area contributed by atoms with Crippen molar-refractivity contribution in [2.75, 3.05) is 6.54 Å². The number of nitrogens with one attached hydrogen (secondary N) is 1. The molecule has 0 aliphatic heterocycles. The van der Waals surface area contributed by atoms with E-state index in [1.165, 1.54) is 0 Å². The summed E-state index contributed by atoms with van der Waals surface area (Å²) in [4.78, 5) is 12.0. The van der Waals surface area contributed by atoms with Gasteiger partial charge in [-0.25, -0.2) is 0 Å². The number of thiocarbonyl (C=S) groups is 1. The van der Waals surface area contributed by atoms with Gasteiger partial charge in [-0.05, 0) is 19.8 Å². The number of amides is 1. The van der Waals surface area contributed by atoms with Crippen molar-refractivity contribution in [3.05, 3.63) is 0 Å². The van der Waals surface area contributed by atoms with Crippen molar-refractivity contribution in [3.8, 4) is 0 Å². The third-order valence-electron chi connectivity index (χ3n) is 2.45. The summed E-state index contributed by atoms with van der Waals surface area (Å²) in [6.45, 7) is 6.35. The van der Waals surface area contributed by atoms with Crippen LogP contribution in [0.2, 0.25) is 0 Å². The van der Waals surface area contributed by atoms with Crippen molar-refractivity contribution in [2.45, 2.75) is 33.6 Å². The maximum absolute atomic E-state index is 11.7. The van der Waals surface area contributed by atoms with Crippen LogP contribution in [0.15, 0.2) is 0 Å². The monoisotopic (exact) mass is 202 g/mol. The van der Waals surface area contributed by atoms with Crippen LogP contribution in [0.3, 0.4) is 0 Å². The molecule has 0 aliphatic rings. The molecule has 0 aromatic rings. The standard InChI is InChI=1S/C9H18N2OS/c1-4-9(5-2,7(10)13)8(12)11-6-3/h4-6H2,1-3H3,(H2,10,13)(H,11,12). The predicted molar refractivity (Wildman–Crippen MR) is 58.5 cm³/mol. The van der Waals surface area contributed by atoms with Gasteiger partial charge in [0.25, 0.3) is 0 Å². The number of carbonyl (C=O) groups is 1. The molecule has 76 valence electrons. The van der Waals surface area contributed by atoms with Gasteiger partial charge in [-0.1, -0.05) is 26.1 Å². The van der Waals surface area contributed by atoms with Crippen LogP contribution in [0, 0.1) is 5.41 Å². The maximum atomic E-state index is 11.7. The molecule has 0 spiro atoms. The van der Waals surface area contributed by atoms with Crippen LogP contribution in [0.4, 0.5) is 0 Å². The summed E-state index contributed by atoms with van der Waals surface area (Å²) in [5.74, 6) is -0.0486. The third kappa shape index (κ3) is 2.40. The highest BCUT2D eigenvalue weighted by atomic mass is 32.1. The van der Waals surface area contributed by atoms with Crippen molar-refractivity contribution in [2.24, 2.45) is 11.1 Å². The van der Waals surface area contributed by atoms with E-state index < -0.39 is 5.41 Å². The SMILES string of the molecule is CCNC(=O)C(CC)(CC)C(N)=S. The molecule has 3 nitrogen and oxygen atoms in total. The highest BCUT2D eigenvalue weighted by molar-refractivity contribution is 7.80. The summed E-state index contributed by atoms with van der Waals surface area (Å²) in [7, 11) is 0. The number of hydrogen-bond donors (Lipinski definition) is 2. The fourth-order valence-corrected chi connectivity index (χ4v) is 1.74. The minimum absolute atomic E-state index is 0.0486. The van der Waals surface area contributed by atoms with Gasteiger partial charge in [0.1, 0.15) is 0 Å². The Hall–Kier alpha value is -0.640. The fourth-order valence-electron chi connectivity index (χ4n) is 1.36. The molecular weight excluding hydrogens is 184 g/mol. The van der Waals surface area contributed by atoms with E-state index >= 15 is 0 Å². The summed E-state index contributed by atoms with van der Waals surface area (Å²) in [5.41, 5.74) is 4.95. The second kappa shape index (κ2) is 5.17. The van der Waals surface area contributed by atoms with Crippen LogP contribution in [0.5, 0.6) is 0 Å². The van der Waals surface area contributed by atoms with E-state index in [2.05, 4.69) is 5.32 Å². The Balaban J connectivity index is 4.75. The molecule has 0 saturated heterocycles. The van der Waals surface area contributed by atoms with E-state index in [1.807, 2.05) is 20.8 Å². The molecule has 0 heterocycles. The van der Waals surface area contributed by atoms with Crippen LogP contribution in [-0.4, -0.2) is 17.4 Å². The van der Waals surface area contributed by atoms with Crippen molar-refractivity contribution in [3.63, 3.8) is 0 Å². The van der Waals surface area contributed by atoms with Crippen molar-refractivity contribution < 1.29 is 4.79 Å². The molecule has 0 radical (unpaired) electrons. The summed E-state index contributed by atoms with van der Waals surface area (Å²) in [5, 5.41) is 2.76. The lowest BCUT2D eigenvalue weighted by atomic mass is 9.81. The predicted octanol–water partition coefficient (Wildman–Crippen LogP) is 1.22. The summed E-state index contributed by atoms with van der Waals surface area (Å²) >= 11 is 4.93. The normalized spacial score (nSPS) is 11.0. The lowest BCUT2D eigenvalue weighted by Crippen LogP contribution is -2.48. The quantitative estimate of drug-likeness (QED) is 0.659. The Morgan fingerprint density at radius 1 is 1.38 bits per heavy atom. The molecule has 0 aromatic carbocycles. The van der Waals surface area contributed by atoms with Crippen LogP contribution >= 0.6 is 12.2 Å². The smallest absolute Gasteiger partial charge is 0.233 e. The zero-order valence-electron chi connectivity index (χ0n) is 8.52.